The van der Waals surface area contributed by atoms with Gasteiger partial charge in [0.2, 0.25) is 0 Å². The van der Waals surface area contributed by atoms with Crippen LogP contribution in [0.15, 0.2) is 12.1 Å². The van der Waals surface area contributed by atoms with Gasteiger partial charge in [-0.3, -0.25) is 0 Å². The topological polar surface area (TPSA) is 30.5 Å². The van der Waals surface area contributed by atoms with Crippen LogP contribution in [0.5, 0.6) is 11.5 Å². The van der Waals surface area contributed by atoms with E-state index < -0.39 is 0 Å². The molecule has 3 nitrogen and oxygen atoms in total. The average molecular weight is 298 g/mol. The molecule has 1 N–H and O–H groups in total. The lowest BCUT2D eigenvalue weighted by atomic mass is 9.98. The summed E-state index contributed by atoms with van der Waals surface area (Å²) in [5.74, 6) is 2.92. The molecule has 20 heavy (non-hydrogen) atoms. The molecule has 4 heteroatoms. The Hall–Kier alpha value is -0.930. The fourth-order valence-corrected chi connectivity index (χ4v) is 3.28. The Balaban J connectivity index is 1.96. The monoisotopic (exact) mass is 297 g/mol. The van der Waals surface area contributed by atoms with Crippen LogP contribution >= 0.6 is 11.6 Å². The van der Waals surface area contributed by atoms with Gasteiger partial charge in [-0.05, 0) is 36.4 Å². The molecule has 1 aliphatic rings. The Labute approximate surface area is 126 Å². The van der Waals surface area contributed by atoms with Gasteiger partial charge in [0.15, 0.2) is 11.5 Å². The van der Waals surface area contributed by atoms with Crippen LogP contribution in [0.4, 0.5) is 0 Å². The van der Waals surface area contributed by atoms with Crippen molar-refractivity contribution in [2.75, 3.05) is 20.8 Å². The van der Waals surface area contributed by atoms with Crippen molar-refractivity contribution in [1.82, 2.24) is 5.32 Å². The Bertz CT molecular complexity index is 450. The van der Waals surface area contributed by atoms with Gasteiger partial charge in [0.05, 0.1) is 19.2 Å². The third kappa shape index (κ3) is 3.39. The van der Waals surface area contributed by atoms with Gasteiger partial charge in [-0.15, -0.1) is 0 Å². The number of nitrogens with one attached hydrogen (secondary N) is 1. The molecule has 112 valence electrons. The number of hydrogen-bond acceptors (Lipinski definition) is 3. The van der Waals surface area contributed by atoms with Gasteiger partial charge in [-0.2, -0.15) is 0 Å². The molecule has 0 radical (unpaired) electrons. The van der Waals surface area contributed by atoms with E-state index in [0.717, 1.165) is 30.5 Å². The number of rotatable bonds is 6. The summed E-state index contributed by atoms with van der Waals surface area (Å²) in [6, 6.07) is 3.90. The van der Waals surface area contributed by atoms with E-state index in [9.17, 15) is 0 Å². The second-order valence-corrected chi connectivity index (χ2v) is 5.95. The second-order valence-electron chi connectivity index (χ2n) is 5.57. The Morgan fingerprint density at radius 1 is 1.25 bits per heavy atom. The Morgan fingerprint density at radius 3 is 2.65 bits per heavy atom. The standard InChI is InChI=1S/C16H24ClNO2/c1-11-5-4-6-12(11)9-18-10-13-7-8-14(19-2)16(20-3)15(13)17/h7-8,11-12,18H,4-6,9-10H2,1-3H3. The summed E-state index contributed by atoms with van der Waals surface area (Å²) in [6.45, 7) is 4.18. The zero-order chi connectivity index (χ0) is 14.5. The smallest absolute Gasteiger partial charge is 0.179 e. The van der Waals surface area contributed by atoms with Crippen LogP contribution in [0.2, 0.25) is 5.02 Å². The lowest BCUT2D eigenvalue weighted by molar-refractivity contribution is 0.354. The van der Waals surface area contributed by atoms with E-state index in [1.165, 1.54) is 19.3 Å². The summed E-state index contributed by atoms with van der Waals surface area (Å²) in [6.07, 6.45) is 4.07. The van der Waals surface area contributed by atoms with E-state index >= 15 is 0 Å². The van der Waals surface area contributed by atoms with Gasteiger partial charge < -0.3 is 14.8 Å². The van der Waals surface area contributed by atoms with Crippen molar-refractivity contribution in [3.63, 3.8) is 0 Å². The molecular formula is C16H24ClNO2. The zero-order valence-corrected chi connectivity index (χ0v) is 13.3. The molecule has 1 saturated carbocycles. The molecule has 0 aliphatic heterocycles. The maximum Gasteiger partial charge on any atom is 0.179 e. The van der Waals surface area contributed by atoms with Crippen LogP contribution in [0.25, 0.3) is 0 Å². The fourth-order valence-electron chi connectivity index (χ4n) is 2.98. The molecule has 2 rings (SSSR count). The Kier molecular flexibility index (Phi) is 5.55. The minimum Gasteiger partial charge on any atom is -0.493 e. The highest BCUT2D eigenvalue weighted by Crippen LogP contribution is 2.37. The van der Waals surface area contributed by atoms with Crippen LogP contribution in [-0.4, -0.2) is 20.8 Å². The summed E-state index contributed by atoms with van der Waals surface area (Å²) in [4.78, 5) is 0. The number of ether oxygens (including phenoxy) is 2. The summed E-state index contributed by atoms with van der Waals surface area (Å²) in [7, 11) is 3.23. The maximum absolute atomic E-state index is 6.37. The first-order chi connectivity index (χ1) is 9.67. The molecule has 0 saturated heterocycles. The van der Waals surface area contributed by atoms with Gasteiger partial charge in [0, 0.05) is 6.54 Å². The molecule has 0 bridgehead atoms. The Morgan fingerprint density at radius 2 is 2.05 bits per heavy atom. The first-order valence-electron chi connectivity index (χ1n) is 7.27. The first kappa shape index (κ1) is 15.5. The van der Waals surface area contributed by atoms with Crippen molar-refractivity contribution in [2.45, 2.75) is 32.7 Å². The van der Waals surface area contributed by atoms with Gasteiger partial charge in [0.1, 0.15) is 0 Å². The molecule has 1 aromatic rings. The lowest BCUT2D eigenvalue weighted by Gasteiger charge is -2.17. The molecule has 0 heterocycles. The largest absolute Gasteiger partial charge is 0.493 e. The van der Waals surface area contributed by atoms with E-state index in [0.29, 0.717) is 16.5 Å². The van der Waals surface area contributed by atoms with Crippen LogP contribution in [0, 0.1) is 11.8 Å². The van der Waals surface area contributed by atoms with Crippen molar-refractivity contribution in [2.24, 2.45) is 11.8 Å². The predicted octanol–water partition coefficient (Wildman–Crippen LogP) is 3.88. The van der Waals surface area contributed by atoms with Crippen LogP contribution < -0.4 is 14.8 Å². The summed E-state index contributed by atoms with van der Waals surface area (Å²) >= 11 is 6.37. The minimum absolute atomic E-state index is 0.614. The highest BCUT2D eigenvalue weighted by molar-refractivity contribution is 6.33. The number of benzene rings is 1. The highest BCUT2D eigenvalue weighted by atomic mass is 35.5. The van der Waals surface area contributed by atoms with E-state index in [1.807, 2.05) is 12.1 Å². The average Bonchev–Trinajstić information content (AvgIpc) is 2.86. The van der Waals surface area contributed by atoms with Crippen LogP contribution in [0.3, 0.4) is 0 Å². The molecule has 1 aliphatic carbocycles. The van der Waals surface area contributed by atoms with E-state index in [4.69, 9.17) is 21.1 Å². The molecular weight excluding hydrogens is 274 g/mol. The normalized spacial score (nSPS) is 22.0. The molecule has 2 unspecified atom stereocenters. The minimum atomic E-state index is 0.614. The summed E-state index contributed by atoms with van der Waals surface area (Å²) in [5.41, 5.74) is 1.05. The maximum atomic E-state index is 6.37. The number of halogens is 1. The van der Waals surface area contributed by atoms with E-state index in [1.54, 1.807) is 14.2 Å². The lowest BCUT2D eigenvalue weighted by Crippen LogP contribution is -2.24. The first-order valence-corrected chi connectivity index (χ1v) is 7.65. The van der Waals surface area contributed by atoms with Crippen LogP contribution in [0.1, 0.15) is 31.7 Å². The van der Waals surface area contributed by atoms with Gasteiger partial charge in [-0.1, -0.05) is 37.4 Å². The molecule has 1 fully saturated rings. The van der Waals surface area contributed by atoms with Gasteiger partial charge in [0.25, 0.3) is 0 Å². The number of hydrogen-bond donors (Lipinski definition) is 1. The predicted molar refractivity (Wildman–Crippen MR) is 82.8 cm³/mol. The SMILES string of the molecule is COc1ccc(CNCC2CCCC2C)c(Cl)c1OC. The van der Waals surface area contributed by atoms with Crippen LogP contribution in [-0.2, 0) is 6.54 Å². The third-order valence-electron chi connectivity index (χ3n) is 4.33. The molecule has 0 amide bonds. The van der Waals surface area contributed by atoms with Crippen molar-refractivity contribution in [3.8, 4) is 11.5 Å². The molecule has 0 spiro atoms. The van der Waals surface area contributed by atoms with Crippen molar-refractivity contribution >= 4 is 11.6 Å². The fraction of sp³-hybridized carbons (Fsp3) is 0.625. The number of methoxy groups -OCH3 is 2. The second kappa shape index (κ2) is 7.19. The highest BCUT2D eigenvalue weighted by Gasteiger charge is 2.22. The third-order valence-corrected chi connectivity index (χ3v) is 4.74. The van der Waals surface area contributed by atoms with Crippen molar-refractivity contribution in [1.29, 1.82) is 0 Å². The molecule has 2 atom stereocenters. The quantitative estimate of drug-likeness (QED) is 0.864. The van der Waals surface area contributed by atoms with Crippen molar-refractivity contribution in [3.05, 3.63) is 22.7 Å². The van der Waals surface area contributed by atoms with Gasteiger partial charge >= 0.3 is 0 Å². The molecule has 1 aromatic carbocycles. The van der Waals surface area contributed by atoms with Gasteiger partial charge in [-0.25, -0.2) is 0 Å². The molecule has 0 aromatic heterocycles. The summed E-state index contributed by atoms with van der Waals surface area (Å²) in [5, 5.41) is 4.16. The summed E-state index contributed by atoms with van der Waals surface area (Å²) < 4.78 is 10.6. The van der Waals surface area contributed by atoms with Crippen molar-refractivity contribution < 1.29 is 9.47 Å². The van der Waals surface area contributed by atoms with E-state index in [2.05, 4.69) is 12.2 Å². The van der Waals surface area contributed by atoms with E-state index in [-0.39, 0.29) is 0 Å². The zero-order valence-electron chi connectivity index (χ0n) is 12.5.